The molecule has 0 spiro atoms. The second-order valence-corrected chi connectivity index (χ2v) is 6.54. The second-order valence-electron chi connectivity index (χ2n) is 6.54. The Bertz CT molecular complexity index is 658. The lowest BCUT2D eigenvalue weighted by atomic mass is 10.0. The number of aryl methyl sites for hydroxylation is 1. The van der Waals surface area contributed by atoms with Crippen LogP contribution in [0.5, 0.6) is 5.88 Å². The zero-order valence-electron chi connectivity index (χ0n) is 14.5. The second kappa shape index (κ2) is 7.59. The van der Waals surface area contributed by atoms with Crippen LogP contribution in [0.25, 0.3) is 0 Å². The Kier molecular flexibility index (Phi) is 5.27. The van der Waals surface area contributed by atoms with E-state index >= 15 is 0 Å². The topological polar surface area (TPSA) is 86.0 Å². The number of hydrogen-bond donors (Lipinski definition) is 1. The molecule has 0 aromatic carbocycles. The predicted molar refractivity (Wildman–Crippen MR) is 89.9 cm³/mol. The third-order valence-electron chi connectivity index (χ3n) is 4.17. The molecule has 0 aliphatic heterocycles. The van der Waals surface area contributed by atoms with E-state index in [9.17, 15) is 0 Å². The van der Waals surface area contributed by atoms with Gasteiger partial charge in [-0.25, -0.2) is 9.97 Å². The maximum Gasteiger partial charge on any atom is 0.257 e. The molecule has 1 fully saturated rings. The molecule has 1 aliphatic rings. The molecule has 3 rings (SSSR count). The number of nitrogens with one attached hydrogen (secondary N) is 1. The molecule has 7 heteroatoms. The van der Waals surface area contributed by atoms with Gasteiger partial charge in [-0.15, -0.1) is 10.2 Å². The van der Waals surface area contributed by atoms with Crippen molar-refractivity contribution in [3.05, 3.63) is 24.2 Å². The van der Waals surface area contributed by atoms with Gasteiger partial charge in [0.2, 0.25) is 11.8 Å². The van der Waals surface area contributed by atoms with Crippen molar-refractivity contribution in [3.8, 4) is 5.88 Å². The maximum absolute atomic E-state index is 5.72. The fourth-order valence-electron chi connectivity index (χ4n) is 3.08. The Morgan fingerprint density at radius 3 is 2.75 bits per heavy atom. The van der Waals surface area contributed by atoms with E-state index in [1.807, 2.05) is 20.8 Å². The van der Waals surface area contributed by atoms with Gasteiger partial charge in [0, 0.05) is 31.3 Å². The van der Waals surface area contributed by atoms with Crippen LogP contribution in [0.2, 0.25) is 0 Å². The third-order valence-corrected chi connectivity index (χ3v) is 4.17. The van der Waals surface area contributed by atoms with Crippen LogP contribution in [-0.4, -0.2) is 32.3 Å². The smallest absolute Gasteiger partial charge is 0.257 e. The number of aromatic nitrogens is 4. The molecule has 2 aromatic heterocycles. The quantitative estimate of drug-likeness (QED) is 0.834. The van der Waals surface area contributed by atoms with Gasteiger partial charge < -0.3 is 14.5 Å². The van der Waals surface area contributed by atoms with Crippen molar-refractivity contribution < 1.29 is 9.15 Å². The predicted octanol–water partition coefficient (Wildman–Crippen LogP) is 3.03. The summed E-state index contributed by atoms with van der Waals surface area (Å²) in [5, 5.41) is 11.6. The molecule has 2 aromatic rings. The summed E-state index contributed by atoms with van der Waals surface area (Å²) in [4.78, 5) is 8.66. The van der Waals surface area contributed by atoms with Crippen molar-refractivity contribution in [1.82, 2.24) is 20.2 Å². The summed E-state index contributed by atoms with van der Waals surface area (Å²) in [6.07, 6.45) is 8.34. The van der Waals surface area contributed by atoms with Crippen LogP contribution in [-0.2, 0) is 12.8 Å². The highest BCUT2D eigenvalue weighted by molar-refractivity contribution is 5.45. The van der Waals surface area contributed by atoms with E-state index in [2.05, 4.69) is 25.5 Å². The van der Waals surface area contributed by atoms with E-state index in [1.165, 1.54) is 0 Å². The van der Waals surface area contributed by atoms with Crippen LogP contribution >= 0.6 is 0 Å². The first-order chi connectivity index (χ1) is 11.6. The molecule has 24 heavy (non-hydrogen) atoms. The monoisotopic (exact) mass is 331 g/mol. The molecule has 2 atom stereocenters. The number of ether oxygens (including phenoxy) is 1. The summed E-state index contributed by atoms with van der Waals surface area (Å²) >= 11 is 0. The van der Waals surface area contributed by atoms with Crippen molar-refractivity contribution in [2.24, 2.45) is 5.92 Å². The summed E-state index contributed by atoms with van der Waals surface area (Å²) in [5.74, 6) is 3.32. The maximum atomic E-state index is 5.72. The Labute approximate surface area is 142 Å². The van der Waals surface area contributed by atoms with Gasteiger partial charge in [-0.05, 0) is 39.0 Å². The van der Waals surface area contributed by atoms with Gasteiger partial charge >= 0.3 is 0 Å². The fraction of sp³-hybridized carbons (Fsp3) is 0.647. The zero-order valence-corrected chi connectivity index (χ0v) is 14.5. The molecule has 7 nitrogen and oxygen atoms in total. The first-order valence-electron chi connectivity index (χ1n) is 8.69. The highest BCUT2D eigenvalue weighted by atomic mass is 16.5. The third kappa shape index (κ3) is 4.21. The van der Waals surface area contributed by atoms with Crippen LogP contribution in [0.15, 0.2) is 16.8 Å². The van der Waals surface area contributed by atoms with Crippen molar-refractivity contribution in [3.63, 3.8) is 0 Å². The molecule has 0 saturated heterocycles. The van der Waals surface area contributed by atoms with Gasteiger partial charge in [-0.3, -0.25) is 0 Å². The minimum Gasteiger partial charge on any atom is -0.472 e. The SMILES string of the molecule is CCc1nnc(C[C@@H]2CC[C@H](Nc3nccnc3OC(C)C)C2)o1. The van der Waals surface area contributed by atoms with Gasteiger partial charge in [-0.1, -0.05) is 6.92 Å². The standard InChI is InChI=1S/C17H25N5O2/c1-4-14-21-22-15(24-14)10-12-5-6-13(9-12)20-16-17(23-11(2)3)19-8-7-18-16/h7-8,11-13H,4-6,9-10H2,1-3H3,(H,18,20)/t12-,13+/m1/s1. The molecule has 0 amide bonds. The lowest BCUT2D eigenvalue weighted by molar-refractivity contribution is 0.233. The number of nitrogens with zero attached hydrogens (tertiary/aromatic N) is 4. The molecule has 1 aliphatic carbocycles. The van der Waals surface area contributed by atoms with Crippen molar-refractivity contribution in [2.45, 2.75) is 65.0 Å². The summed E-state index contributed by atoms with van der Waals surface area (Å²) in [5.41, 5.74) is 0. The minimum atomic E-state index is 0.0730. The molecule has 2 heterocycles. The van der Waals surface area contributed by atoms with Crippen molar-refractivity contribution in [1.29, 1.82) is 0 Å². The highest BCUT2D eigenvalue weighted by Gasteiger charge is 2.27. The van der Waals surface area contributed by atoms with Crippen LogP contribution in [0.1, 0.15) is 51.8 Å². The first kappa shape index (κ1) is 16.7. The summed E-state index contributed by atoms with van der Waals surface area (Å²) in [6, 6.07) is 0.370. The van der Waals surface area contributed by atoms with Crippen LogP contribution in [0, 0.1) is 5.92 Å². The lowest BCUT2D eigenvalue weighted by Gasteiger charge is -2.17. The number of anilines is 1. The van der Waals surface area contributed by atoms with Crippen molar-refractivity contribution in [2.75, 3.05) is 5.32 Å². The van der Waals surface area contributed by atoms with Crippen LogP contribution in [0.3, 0.4) is 0 Å². The van der Waals surface area contributed by atoms with Crippen molar-refractivity contribution >= 4 is 5.82 Å². The highest BCUT2D eigenvalue weighted by Crippen LogP contribution is 2.31. The van der Waals surface area contributed by atoms with E-state index in [-0.39, 0.29) is 6.10 Å². The van der Waals surface area contributed by atoms with E-state index in [0.717, 1.165) is 43.8 Å². The van der Waals surface area contributed by atoms with Gasteiger partial charge in [0.05, 0.1) is 6.10 Å². The Morgan fingerprint density at radius 1 is 1.21 bits per heavy atom. The van der Waals surface area contributed by atoms with Gasteiger partial charge in [0.25, 0.3) is 5.88 Å². The average Bonchev–Trinajstić information content (AvgIpc) is 3.18. The van der Waals surface area contributed by atoms with Gasteiger partial charge in [0.15, 0.2) is 5.82 Å². The molecule has 0 unspecified atom stereocenters. The average molecular weight is 331 g/mol. The Morgan fingerprint density at radius 2 is 2.00 bits per heavy atom. The molecule has 0 radical (unpaired) electrons. The summed E-state index contributed by atoms with van der Waals surface area (Å²) in [7, 11) is 0. The molecule has 1 N–H and O–H groups in total. The Balaban J connectivity index is 1.56. The molecular formula is C17H25N5O2. The molecule has 130 valence electrons. The Hall–Kier alpha value is -2.18. The normalized spacial score (nSPS) is 20.5. The van der Waals surface area contributed by atoms with E-state index in [4.69, 9.17) is 9.15 Å². The van der Waals surface area contributed by atoms with E-state index in [0.29, 0.717) is 23.7 Å². The number of rotatable bonds is 7. The van der Waals surface area contributed by atoms with Gasteiger partial charge in [-0.2, -0.15) is 0 Å². The summed E-state index contributed by atoms with van der Waals surface area (Å²) < 4.78 is 11.3. The molecule has 0 bridgehead atoms. The zero-order chi connectivity index (χ0) is 16.9. The van der Waals surface area contributed by atoms with Gasteiger partial charge in [0.1, 0.15) is 0 Å². The summed E-state index contributed by atoms with van der Waals surface area (Å²) in [6.45, 7) is 5.99. The first-order valence-corrected chi connectivity index (χ1v) is 8.69. The largest absolute Gasteiger partial charge is 0.472 e. The van der Waals surface area contributed by atoms with E-state index < -0.39 is 0 Å². The molecule has 1 saturated carbocycles. The number of hydrogen-bond acceptors (Lipinski definition) is 7. The molecular weight excluding hydrogens is 306 g/mol. The minimum absolute atomic E-state index is 0.0730. The van der Waals surface area contributed by atoms with Crippen LogP contribution < -0.4 is 10.1 Å². The van der Waals surface area contributed by atoms with Crippen LogP contribution in [0.4, 0.5) is 5.82 Å². The lowest BCUT2D eigenvalue weighted by Crippen LogP contribution is -2.19. The van der Waals surface area contributed by atoms with E-state index in [1.54, 1.807) is 12.4 Å². The fourth-order valence-corrected chi connectivity index (χ4v) is 3.08.